The van der Waals surface area contributed by atoms with E-state index in [2.05, 4.69) is 57.2 Å². The number of hydrogen-bond donors (Lipinski definition) is 0. The molecule has 0 saturated heterocycles. The average Bonchev–Trinajstić information content (AvgIpc) is 3.44. The van der Waals surface area contributed by atoms with E-state index >= 15 is 0 Å². The molecule has 0 N–H and O–H groups in total. The SMILES string of the molecule is CCCCC/C=C\C/C=C\CCCCCCCC(=O)OC(COC(=O)CCCCCCC/C=C\CCCCCC)COC(=O)CCCCCCCCCCCCCCCCCCCCCCCCCCCCCCCCCC. The lowest BCUT2D eigenvalue weighted by Gasteiger charge is -2.18. The van der Waals surface area contributed by atoms with E-state index in [4.69, 9.17) is 14.2 Å². The average molecular weight is 1100 g/mol. The first-order chi connectivity index (χ1) is 38.5. The summed E-state index contributed by atoms with van der Waals surface area (Å²) in [6.07, 6.45) is 83.4. The van der Waals surface area contributed by atoms with Crippen LogP contribution in [0, 0.1) is 0 Å². The molecule has 0 rings (SSSR count). The van der Waals surface area contributed by atoms with E-state index in [0.717, 1.165) is 89.9 Å². The maximum absolute atomic E-state index is 12.9. The zero-order valence-electron chi connectivity index (χ0n) is 52.7. The molecule has 0 aromatic heterocycles. The van der Waals surface area contributed by atoms with Crippen molar-refractivity contribution in [2.45, 2.75) is 393 Å². The Kier molecular flexibility index (Phi) is 65.1. The van der Waals surface area contributed by atoms with E-state index in [0.29, 0.717) is 19.3 Å². The van der Waals surface area contributed by atoms with Gasteiger partial charge in [0.25, 0.3) is 0 Å². The number of carbonyl (C=O) groups is 3. The highest BCUT2D eigenvalue weighted by Crippen LogP contribution is 2.19. The Morgan fingerprint density at radius 1 is 0.256 bits per heavy atom. The molecule has 0 radical (unpaired) electrons. The van der Waals surface area contributed by atoms with Gasteiger partial charge in [-0.1, -0.05) is 327 Å². The number of unbranched alkanes of at least 4 members (excludes halogenated alkanes) is 48. The van der Waals surface area contributed by atoms with E-state index < -0.39 is 6.10 Å². The molecule has 0 aliphatic heterocycles. The van der Waals surface area contributed by atoms with Crippen LogP contribution in [0.25, 0.3) is 0 Å². The number of hydrogen-bond acceptors (Lipinski definition) is 6. The van der Waals surface area contributed by atoms with Crippen LogP contribution in [0.3, 0.4) is 0 Å². The molecular formula is C72H134O6. The van der Waals surface area contributed by atoms with Crippen LogP contribution in [0.5, 0.6) is 0 Å². The zero-order valence-corrected chi connectivity index (χ0v) is 52.7. The largest absolute Gasteiger partial charge is 0.462 e. The number of ether oxygens (including phenoxy) is 3. The number of esters is 3. The highest BCUT2D eigenvalue weighted by Gasteiger charge is 2.19. The number of carbonyl (C=O) groups excluding carboxylic acids is 3. The minimum Gasteiger partial charge on any atom is -0.462 e. The molecule has 458 valence electrons. The van der Waals surface area contributed by atoms with Crippen molar-refractivity contribution < 1.29 is 28.6 Å². The second-order valence-corrected chi connectivity index (χ2v) is 23.8. The highest BCUT2D eigenvalue weighted by molar-refractivity contribution is 5.71. The summed E-state index contributed by atoms with van der Waals surface area (Å²) in [6.45, 7) is 6.64. The van der Waals surface area contributed by atoms with Crippen molar-refractivity contribution in [1.82, 2.24) is 0 Å². The van der Waals surface area contributed by atoms with Gasteiger partial charge in [0.2, 0.25) is 0 Å². The summed E-state index contributed by atoms with van der Waals surface area (Å²) in [6, 6.07) is 0. The quantitative estimate of drug-likeness (QED) is 0.0261. The van der Waals surface area contributed by atoms with E-state index in [9.17, 15) is 14.4 Å². The third kappa shape index (κ3) is 64.5. The monoisotopic (exact) mass is 1100 g/mol. The Hall–Kier alpha value is -2.37. The first-order valence-corrected chi connectivity index (χ1v) is 35.0. The summed E-state index contributed by atoms with van der Waals surface area (Å²) in [7, 11) is 0. The summed E-state index contributed by atoms with van der Waals surface area (Å²) in [5.41, 5.74) is 0. The van der Waals surface area contributed by atoms with E-state index in [1.54, 1.807) is 0 Å². The third-order valence-corrected chi connectivity index (χ3v) is 15.9. The van der Waals surface area contributed by atoms with Crippen molar-refractivity contribution in [3.63, 3.8) is 0 Å². The summed E-state index contributed by atoms with van der Waals surface area (Å²) >= 11 is 0. The smallest absolute Gasteiger partial charge is 0.306 e. The van der Waals surface area contributed by atoms with Crippen molar-refractivity contribution in [2.24, 2.45) is 0 Å². The fourth-order valence-corrected chi connectivity index (χ4v) is 10.6. The van der Waals surface area contributed by atoms with Crippen LogP contribution in [-0.2, 0) is 28.6 Å². The molecule has 0 spiro atoms. The second kappa shape index (κ2) is 67.1. The van der Waals surface area contributed by atoms with Gasteiger partial charge >= 0.3 is 17.9 Å². The summed E-state index contributed by atoms with van der Waals surface area (Å²) in [4.78, 5) is 38.3. The minimum absolute atomic E-state index is 0.0765. The molecule has 6 nitrogen and oxygen atoms in total. The maximum Gasteiger partial charge on any atom is 0.306 e. The van der Waals surface area contributed by atoms with Crippen LogP contribution < -0.4 is 0 Å². The van der Waals surface area contributed by atoms with Crippen LogP contribution in [0.2, 0.25) is 0 Å². The molecule has 0 bridgehead atoms. The fourth-order valence-electron chi connectivity index (χ4n) is 10.6. The van der Waals surface area contributed by atoms with Gasteiger partial charge in [-0.15, -0.1) is 0 Å². The maximum atomic E-state index is 12.9. The normalized spacial score (nSPS) is 12.2. The fraction of sp³-hybridized carbons (Fsp3) is 0.875. The highest BCUT2D eigenvalue weighted by atomic mass is 16.6. The van der Waals surface area contributed by atoms with Gasteiger partial charge in [-0.2, -0.15) is 0 Å². The van der Waals surface area contributed by atoms with Crippen molar-refractivity contribution in [3.05, 3.63) is 36.5 Å². The molecule has 0 aliphatic carbocycles. The molecule has 0 amide bonds. The Balaban J connectivity index is 4.09. The van der Waals surface area contributed by atoms with Gasteiger partial charge < -0.3 is 14.2 Å². The molecule has 0 heterocycles. The summed E-state index contributed by atoms with van der Waals surface area (Å²) < 4.78 is 16.9. The van der Waals surface area contributed by atoms with Crippen molar-refractivity contribution in [2.75, 3.05) is 13.2 Å². The second-order valence-electron chi connectivity index (χ2n) is 23.8. The van der Waals surface area contributed by atoms with Crippen LogP contribution in [-0.4, -0.2) is 37.2 Å². The van der Waals surface area contributed by atoms with Crippen molar-refractivity contribution >= 4 is 17.9 Å². The Morgan fingerprint density at radius 3 is 0.756 bits per heavy atom. The number of rotatable bonds is 65. The molecule has 6 heteroatoms. The Labute approximate surface area is 486 Å². The topological polar surface area (TPSA) is 78.9 Å². The van der Waals surface area contributed by atoms with Gasteiger partial charge in [-0.25, -0.2) is 0 Å². The first kappa shape index (κ1) is 75.6. The van der Waals surface area contributed by atoms with Crippen LogP contribution in [0.15, 0.2) is 36.5 Å². The van der Waals surface area contributed by atoms with E-state index in [-0.39, 0.29) is 31.1 Å². The van der Waals surface area contributed by atoms with Gasteiger partial charge in [0.15, 0.2) is 6.10 Å². The Bertz CT molecular complexity index is 1300. The predicted octanol–water partition coefficient (Wildman–Crippen LogP) is 23.9. The van der Waals surface area contributed by atoms with Crippen molar-refractivity contribution in [3.8, 4) is 0 Å². The standard InChI is InChI=1S/C72H134O6/c1-4-7-10-13-16-19-22-25-27-28-29-30-31-32-33-34-35-36-37-38-39-40-41-42-43-45-47-50-53-56-59-62-65-71(74)77-68-69(67-76-70(73)64-61-58-55-52-49-46-24-21-18-15-12-9-6-3)78-72(75)66-63-60-57-54-51-48-44-26-23-20-17-14-11-8-5-2/h17,20-21,24,26,44,69H,4-16,18-19,22-23,25,27-43,45-68H2,1-3H3/b20-17-,24-21-,44-26-. The molecule has 0 aromatic rings. The van der Waals surface area contributed by atoms with Gasteiger partial charge in [-0.05, 0) is 77.0 Å². The molecule has 0 saturated carbocycles. The lowest BCUT2D eigenvalue weighted by atomic mass is 10.0. The number of allylic oxidation sites excluding steroid dienone is 6. The van der Waals surface area contributed by atoms with Crippen LogP contribution >= 0.6 is 0 Å². The van der Waals surface area contributed by atoms with Gasteiger partial charge in [0, 0.05) is 19.3 Å². The Morgan fingerprint density at radius 2 is 0.462 bits per heavy atom. The molecule has 0 fully saturated rings. The van der Waals surface area contributed by atoms with Gasteiger partial charge in [0.05, 0.1) is 0 Å². The molecule has 0 aromatic carbocycles. The molecule has 1 unspecified atom stereocenters. The predicted molar refractivity (Wildman–Crippen MR) is 339 cm³/mol. The minimum atomic E-state index is -0.781. The summed E-state index contributed by atoms with van der Waals surface area (Å²) in [5, 5.41) is 0. The van der Waals surface area contributed by atoms with Crippen LogP contribution in [0.4, 0.5) is 0 Å². The molecule has 78 heavy (non-hydrogen) atoms. The molecule has 1 atom stereocenters. The van der Waals surface area contributed by atoms with E-state index in [1.807, 2.05) is 0 Å². The zero-order chi connectivity index (χ0) is 56.4. The third-order valence-electron chi connectivity index (χ3n) is 15.9. The lowest BCUT2D eigenvalue weighted by Crippen LogP contribution is -2.30. The first-order valence-electron chi connectivity index (χ1n) is 35.0. The van der Waals surface area contributed by atoms with Gasteiger partial charge in [0.1, 0.15) is 13.2 Å². The van der Waals surface area contributed by atoms with Crippen molar-refractivity contribution in [1.29, 1.82) is 0 Å². The summed E-state index contributed by atoms with van der Waals surface area (Å²) in [5.74, 6) is -0.877. The lowest BCUT2D eigenvalue weighted by molar-refractivity contribution is -0.167. The molecular weight excluding hydrogens is 961 g/mol. The van der Waals surface area contributed by atoms with Crippen LogP contribution in [0.1, 0.15) is 387 Å². The van der Waals surface area contributed by atoms with Gasteiger partial charge in [-0.3, -0.25) is 14.4 Å². The van der Waals surface area contributed by atoms with E-state index in [1.165, 1.54) is 257 Å². The molecule has 0 aliphatic rings.